The number of anilines is 1. The summed E-state index contributed by atoms with van der Waals surface area (Å²) in [4.78, 5) is 49.8. The Morgan fingerprint density at radius 3 is 2.17 bits per heavy atom. The highest BCUT2D eigenvalue weighted by Crippen LogP contribution is 2.29. The quantitative estimate of drug-likeness (QED) is 0.663. The molecule has 0 spiro atoms. The number of carbonyl (C=O) groups excluding carboxylic acids is 2. The fourth-order valence-electron chi connectivity index (χ4n) is 4.18. The van der Waals surface area contributed by atoms with Crippen molar-refractivity contribution in [1.29, 1.82) is 0 Å². The Morgan fingerprint density at radius 2 is 1.64 bits per heavy atom. The van der Waals surface area contributed by atoms with Crippen LogP contribution in [0.4, 0.5) is 19.1 Å². The Morgan fingerprint density at radius 1 is 1.06 bits per heavy atom. The molecule has 2 amide bonds. The summed E-state index contributed by atoms with van der Waals surface area (Å²) in [5.74, 6) is -1.95. The van der Waals surface area contributed by atoms with Gasteiger partial charge in [0.15, 0.2) is 0 Å². The van der Waals surface area contributed by atoms with Gasteiger partial charge in [-0.05, 0) is 23.6 Å². The second-order valence-electron chi connectivity index (χ2n) is 8.58. The van der Waals surface area contributed by atoms with Crippen molar-refractivity contribution in [2.45, 2.75) is 39.0 Å². The first-order chi connectivity index (χ1) is 17.0. The highest BCUT2D eigenvalue weighted by Gasteiger charge is 2.41. The van der Waals surface area contributed by atoms with Crippen molar-refractivity contribution >= 4 is 23.7 Å². The lowest BCUT2D eigenvalue weighted by Crippen LogP contribution is -2.57. The smallest absolute Gasteiger partial charge is 0.475 e. The molecule has 1 fully saturated rings. The van der Waals surface area contributed by atoms with Crippen LogP contribution in [0.1, 0.15) is 36.2 Å². The summed E-state index contributed by atoms with van der Waals surface area (Å²) in [6, 6.07) is 9.02. The molecule has 9 nitrogen and oxygen atoms in total. The predicted molar refractivity (Wildman–Crippen MR) is 124 cm³/mol. The largest absolute Gasteiger partial charge is 0.490 e. The zero-order chi connectivity index (χ0) is 26.5. The zero-order valence-electron chi connectivity index (χ0n) is 20.0. The number of carboxylic acids is 1. The molecule has 1 N–H and O–H groups in total. The minimum atomic E-state index is -5.08. The van der Waals surface area contributed by atoms with Gasteiger partial charge in [0.1, 0.15) is 6.04 Å². The summed E-state index contributed by atoms with van der Waals surface area (Å²) < 4.78 is 31.7. The topological polar surface area (TPSA) is 107 Å². The Kier molecular flexibility index (Phi) is 8.49. The van der Waals surface area contributed by atoms with E-state index in [4.69, 9.17) is 9.90 Å². The molecule has 2 aliphatic heterocycles. The molecule has 2 atom stereocenters. The predicted octanol–water partition coefficient (Wildman–Crippen LogP) is 2.83. The minimum Gasteiger partial charge on any atom is -0.475 e. The van der Waals surface area contributed by atoms with E-state index in [2.05, 4.69) is 28.7 Å². The lowest BCUT2D eigenvalue weighted by Gasteiger charge is -2.39. The molecule has 3 heterocycles. The van der Waals surface area contributed by atoms with E-state index in [1.54, 1.807) is 23.4 Å². The van der Waals surface area contributed by atoms with Crippen LogP contribution in [0, 0.1) is 5.92 Å². The summed E-state index contributed by atoms with van der Waals surface area (Å²) in [6.07, 6.45) is -0.778. The Labute approximate surface area is 206 Å². The third kappa shape index (κ3) is 6.10. The van der Waals surface area contributed by atoms with Gasteiger partial charge in [-0.15, -0.1) is 0 Å². The Bertz CT molecular complexity index is 1070. The SMILES string of the molecule is CCC(C)C(C(=O)N1CCN(c2ncccn2)CC1)N1Cc2ccccc2C1=O.O=C(O)C(F)(F)F. The van der Waals surface area contributed by atoms with Gasteiger partial charge in [-0.1, -0.05) is 38.5 Å². The highest BCUT2D eigenvalue weighted by molar-refractivity contribution is 6.01. The summed E-state index contributed by atoms with van der Waals surface area (Å²) in [6.45, 7) is 7.25. The third-order valence-corrected chi connectivity index (χ3v) is 6.29. The van der Waals surface area contributed by atoms with Gasteiger partial charge in [0.25, 0.3) is 5.91 Å². The molecule has 194 valence electrons. The maximum atomic E-state index is 13.5. The van der Waals surface area contributed by atoms with E-state index in [-0.39, 0.29) is 17.7 Å². The Hall–Kier alpha value is -3.70. The van der Waals surface area contributed by atoms with Crippen LogP contribution in [0.15, 0.2) is 42.7 Å². The normalized spacial score (nSPS) is 17.1. The van der Waals surface area contributed by atoms with Gasteiger partial charge in [0, 0.05) is 50.7 Å². The van der Waals surface area contributed by atoms with Crippen LogP contribution >= 0.6 is 0 Å². The number of rotatable bonds is 5. The van der Waals surface area contributed by atoms with Crippen molar-refractivity contribution in [3.05, 3.63) is 53.9 Å². The van der Waals surface area contributed by atoms with E-state index in [9.17, 15) is 22.8 Å². The minimum absolute atomic E-state index is 0.0319. The number of nitrogens with zero attached hydrogens (tertiary/aromatic N) is 5. The fourth-order valence-corrected chi connectivity index (χ4v) is 4.18. The molecular formula is C24H28F3N5O4. The molecule has 36 heavy (non-hydrogen) atoms. The van der Waals surface area contributed by atoms with Gasteiger partial charge in [0.2, 0.25) is 11.9 Å². The van der Waals surface area contributed by atoms with E-state index in [0.29, 0.717) is 38.7 Å². The number of amides is 2. The van der Waals surface area contributed by atoms with Gasteiger partial charge >= 0.3 is 12.1 Å². The number of hydrogen-bond donors (Lipinski definition) is 1. The number of halogens is 3. The first-order valence-corrected chi connectivity index (χ1v) is 11.5. The second-order valence-corrected chi connectivity index (χ2v) is 8.58. The van der Waals surface area contributed by atoms with Crippen molar-refractivity contribution in [2.24, 2.45) is 5.92 Å². The average Bonchev–Trinajstić information content (AvgIpc) is 3.20. The molecule has 12 heteroatoms. The van der Waals surface area contributed by atoms with Crippen LogP contribution in [-0.4, -0.2) is 81.1 Å². The maximum Gasteiger partial charge on any atom is 0.490 e. The zero-order valence-corrected chi connectivity index (χ0v) is 20.0. The number of carboxylic acid groups (broad SMARTS) is 1. The first kappa shape index (κ1) is 26.9. The number of piperazine rings is 1. The monoisotopic (exact) mass is 507 g/mol. The number of aromatic nitrogens is 2. The summed E-state index contributed by atoms with van der Waals surface area (Å²) in [5.41, 5.74) is 1.73. The molecule has 1 aromatic heterocycles. The summed E-state index contributed by atoms with van der Waals surface area (Å²) >= 11 is 0. The van der Waals surface area contributed by atoms with Gasteiger partial charge < -0.3 is 19.8 Å². The average molecular weight is 508 g/mol. The molecule has 0 aliphatic carbocycles. The molecule has 2 aliphatic rings. The number of fused-ring (bicyclic) bond motifs is 1. The van der Waals surface area contributed by atoms with Gasteiger partial charge in [-0.2, -0.15) is 13.2 Å². The second kappa shape index (κ2) is 11.4. The number of carbonyl (C=O) groups is 3. The number of hydrogen-bond acceptors (Lipinski definition) is 6. The van der Waals surface area contributed by atoms with Crippen LogP contribution in [0.5, 0.6) is 0 Å². The summed E-state index contributed by atoms with van der Waals surface area (Å²) in [5, 5.41) is 7.12. The Balaban J connectivity index is 0.000000454. The van der Waals surface area contributed by atoms with Crippen LogP contribution in [-0.2, 0) is 16.1 Å². The molecular weight excluding hydrogens is 479 g/mol. The van der Waals surface area contributed by atoms with Crippen molar-refractivity contribution < 1.29 is 32.7 Å². The molecule has 1 saturated heterocycles. The van der Waals surface area contributed by atoms with Gasteiger partial charge in [0.05, 0.1) is 0 Å². The fraction of sp³-hybridized carbons (Fsp3) is 0.458. The molecule has 0 radical (unpaired) electrons. The van der Waals surface area contributed by atoms with Crippen molar-refractivity contribution in [2.75, 3.05) is 31.1 Å². The van der Waals surface area contributed by atoms with E-state index in [1.165, 1.54) is 0 Å². The standard InChI is InChI=1S/C22H27N5O2.C2HF3O2/c1-3-16(2)19(27-15-17-7-4-5-8-18(17)20(27)28)21(29)25-11-13-26(14-12-25)22-23-9-6-10-24-22;3-2(4,5)1(6)7/h4-10,16,19H,3,11-15H2,1-2H3;(H,6,7). The highest BCUT2D eigenvalue weighted by atomic mass is 19.4. The number of benzene rings is 1. The van der Waals surface area contributed by atoms with E-state index in [0.717, 1.165) is 17.5 Å². The van der Waals surface area contributed by atoms with E-state index >= 15 is 0 Å². The molecule has 0 saturated carbocycles. The lowest BCUT2D eigenvalue weighted by molar-refractivity contribution is -0.192. The van der Waals surface area contributed by atoms with Crippen LogP contribution < -0.4 is 4.90 Å². The number of aliphatic carboxylic acids is 1. The lowest BCUT2D eigenvalue weighted by atomic mass is 9.96. The maximum absolute atomic E-state index is 13.5. The van der Waals surface area contributed by atoms with Gasteiger partial charge in [-0.3, -0.25) is 9.59 Å². The molecule has 2 aromatic rings. The van der Waals surface area contributed by atoms with Crippen molar-refractivity contribution in [1.82, 2.24) is 19.8 Å². The molecule has 0 bridgehead atoms. The van der Waals surface area contributed by atoms with Crippen molar-refractivity contribution in [3.8, 4) is 0 Å². The molecule has 2 unspecified atom stereocenters. The van der Waals surface area contributed by atoms with Gasteiger partial charge in [-0.25, -0.2) is 14.8 Å². The van der Waals surface area contributed by atoms with Crippen LogP contribution in [0.25, 0.3) is 0 Å². The summed E-state index contributed by atoms with van der Waals surface area (Å²) in [7, 11) is 0. The van der Waals surface area contributed by atoms with Crippen LogP contribution in [0.3, 0.4) is 0 Å². The van der Waals surface area contributed by atoms with E-state index < -0.39 is 18.2 Å². The van der Waals surface area contributed by atoms with Crippen LogP contribution in [0.2, 0.25) is 0 Å². The third-order valence-electron chi connectivity index (χ3n) is 6.29. The molecule has 4 rings (SSSR count). The number of alkyl halides is 3. The van der Waals surface area contributed by atoms with Crippen molar-refractivity contribution in [3.63, 3.8) is 0 Å². The molecule has 1 aromatic carbocycles. The first-order valence-electron chi connectivity index (χ1n) is 11.5. The van der Waals surface area contributed by atoms with E-state index in [1.807, 2.05) is 29.2 Å².